The van der Waals surface area contributed by atoms with Gasteiger partial charge >= 0.3 is 12.2 Å². The monoisotopic (exact) mass is 273 g/mol. The van der Waals surface area contributed by atoms with E-state index in [9.17, 15) is 18.0 Å². The Morgan fingerprint density at radius 3 is 2.47 bits per heavy atom. The normalized spacial score (nSPS) is 19.7. The van der Waals surface area contributed by atoms with Gasteiger partial charge in [-0.05, 0) is 17.7 Å². The second-order valence-corrected chi connectivity index (χ2v) is 4.30. The molecule has 19 heavy (non-hydrogen) atoms. The van der Waals surface area contributed by atoms with Gasteiger partial charge in [0.25, 0.3) is 0 Å². The highest BCUT2D eigenvalue weighted by Gasteiger charge is 2.33. The average molecular weight is 273 g/mol. The van der Waals surface area contributed by atoms with Crippen LogP contribution in [0.25, 0.3) is 0 Å². The third-order valence-electron chi connectivity index (χ3n) is 3.08. The number of rotatable bonds is 3. The highest BCUT2D eigenvalue weighted by Crippen LogP contribution is 2.31. The fraction of sp³-hybridized carbons (Fsp3) is 0.417. The summed E-state index contributed by atoms with van der Waals surface area (Å²) in [6, 6.07) is 4.35. The van der Waals surface area contributed by atoms with Gasteiger partial charge in [0, 0.05) is 19.6 Å². The largest absolute Gasteiger partial charge is 0.416 e. The molecule has 0 saturated carbocycles. The van der Waals surface area contributed by atoms with E-state index in [-0.39, 0.29) is 12.1 Å². The molecule has 0 radical (unpaired) electrons. The number of alkyl halides is 3. The van der Waals surface area contributed by atoms with Crippen LogP contribution in [0.5, 0.6) is 0 Å². The fourth-order valence-electron chi connectivity index (χ4n) is 2.13. The molecule has 2 rings (SSSR count). The second kappa shape index (κ2) is 5.08. The second-order valence-electron chi connectivity index (χ2n) is 4.30. The summed E-state index contributed by atoms with van der Waals surface area (Å²) in [6.45, 7) is 1.06. The lowest BCUT2D eigenvalue weighted by atomic mass is 10.0. The van der Waals surface area contributed by atoms with Crippen molar-refractivity contribution in [1.82, 2.24) is 10.2 Å². The number of carbonyl (C=O) groups is 1. The molecule has 4 nitrogen and oxygen atoms in total. The number of nitrogens with zero attached hydrogens (tertiary/aromatic N) is 1. The first-order chi connectivity index (χ1) is 8.93. The lowest BCUT2D eigenvalue weighted by Gasteiger charge is -2.23. The maximum Gasteiger partial charge on any atom is 0.416 e. The molecule has 3 N–H and O–H groups in total. The molecule has 1 saturated heterocycles. The van der Waals surface area contributed by atoms with E-state index >= 15 is 0 Å². The third-order valence-corrected chi connectivity index (χ3v) is 3.08. The molecular weight excluding hydrogens is 259 g/mol. The Kier molecular flexibility index (Phi) is 3.66. The summed E-state index contributed by atoms with van der Waals surface area (Å²) >= 11 is 0. The number of nitrogens with two attached hydrogens (primary N) is 1. The summed E-state index contributed by atoms with van der Waals surface area (Å²) in [4.78, 5) is 13.1. The minimum absolute atomic E-state index is 0.240. The van der Waals surface area contributed by atoms with Crippen molar-refractivity contribution >= 4 is 6.03 Å². The summed E-state index contributed by atoms with van der Waals surface area (Å²) in [5, 5.41) is 2.66. The van der Waals surface area contributed by atoms with Gasteiger partial charge in [0.15, 0.2) is 0 Å². The zero-order chi connectivity index (χ0) is 14.0. The molecule has 0 aromatic heterocycles. The van der Waals surface area contributed by atoms with Gasteiger partial charge in [0.05, 0.1) is 11.6 Å². The van der Waals surface area contributed by atoms with E-state index < -0.39 is 11.7 Å². The van der Waals surface area contributed by atoms with Crippen molar-refractivity contribution in [1.29, 1.82) is 0 Å². The molecule has 7 heteroatoms. The molecule has 0 spiro atoms. The summed E-state index contributed by atoms with van der Waals surface area (Å²) in [6.07, 6.45) is -4.35. The predicted octanol–water partition coefficient (Wildman–Crippen LogP) is 1.73. The van der Waals surface area contributed by atoms with Crippen molar-refractivity contribution in [3.63, 3.8) is 0 Å². The van der Waals surface area contributed by atoms with Gasteiger partial charge in [-0.3, -0.25) is 0 Å². The predicted molar refractivity (Wildman–Crippen MR) is 63.3 cm³/mol. The van der Waals surface area contributed by atoms with E-state index in [1.165, 1.54) is 17.0 Å². The van der Waals surface area contributed by atoms with Crippen LogP contribution in [0.15, 0.2) is 24.3 Å². The molecule has 1 fully saturated rings. The molecule has 1 atom stereocenters. The molecule has 0 aliphatic carbocycles. The van der Waals surface area contributed by atoms with Crippen molar-refractivity contribution in [3.8, 4) is 0 Å². The third kappa shape index (κ3) is 2.81. The number of hydrogen-bond donors (Lipinski definition) is 2. The minimum atomic E-state index is -4.35. The Bertz CT molecular complexity index is 458. The number of nitrogens with one attached hydrogen (secondary N) is 1. The van der Waals surface area contributed by atoms with E-state index in [4.69, 9.17) is 5.73 Å². The van der Waals surface area contributed by atoms with E-state index in [1.54, 1.807) is 0 Å². The lowest BCUT2D eigenvalue weighted by Crippen LogP contribution is -2.34. The van der Waals surface area contributed by atoms with Crippen LogP contribution in [0.2, 0.25) is 0 Å². The number of halogens is 3. The summed E-state index contributed by atoms with van der Waals surface area (Å²) in [5.74, 6) is 0. The van der Waals surface area contributed by atoms with Gasteiger partial charge in [-0.2, -0.15) is 13.2 Å². The fourth-order valence-corrected chi connectivity index (χ4v) is 2.13. The molecule has 1 aliphatic rings. The van der Waals surface area contributed by atoms with Crippen molar-refractivity contribution in [2.45, 2.75) is 12.2 Å². The van der Waals surface area contributed by atoms with Crippen molar-refractivity contribution in [3.05, 3.63) is 35.4 Å². The minimum Gasteiger partial charge on any atom is -0.336 e. The molecular formula is C12H14F3N3O. The number of amides is 2. The molecule has 2 amide bonds. The molecule has 1 aromatic rings. The summed E-state index contributed by atoms with van der Waals surface area (Å²) in [5.41, 5.74) is 5.39. The zero-order valence-corrected chi connectivity index (χ0v) is 10.1. The van der Waals surface area contributed by atoms with Crippen LogP contribution in [0, 0.1) is 0 Å². The quantitative estimate of drug-likeness (QED) is 0.881. The number of hydrogen-bond acceptors (Lipinski definition) is 2. The number of urea groups is 1. The smallest absolute Gasteiger partial charge is 0.336 e. The molecule has 104 valence electrons. The van der Waals surface area contributed by atoms with Crippen LogP contribution >= 0.6 is 0 Å². The van der Waals surface area contributed by atoms with Crippen LogP contribution < -0.4 is 11.1 Å². The van der Waals surface area contributed by atoms with Crippen LogP contribution in [-0.2, 0) is 6.18 Å². The Labute approximate surface area is 108 Å². The summed E-state index contributed by atoms with van der Waals surface area (Å²) in [7, 11) is 0. The Balaban J connectivity index is 2.20. The molecule has 1 aliphatic heterocycles. The van der Waals surface area contributed by atoms with Gasteiger partial charge in [0.1, 0.15) is 0 Å². The van der Waals surface area contributed by atoms with Gasteiger partial charge in [-0.15, -0.1) is 0 Å². The van der Waals surface area contributed by atoms with Crippen molar-refractivity contribution < 1.29 is 18.0 Å². The van der Waals surface area contributed by atoms with E-state index in [1.807, 2.05) is 0 Å². The van der Waals surface area contributed by atoms with E-state index in [2.05, 4.69) is 5.32 Å². The number of carbonyl (C=O) groups excluding carboxylic acids is 1. The van der Waals surface area contributed by atoms with Crippen LogP contribution in [0.1, 0.15) is 17.2 Å². The van der Waals surface area contributed by atoms with E-state index in [0.717, 1.165) is 12.1 Å². The first-order valence-electron chi connectivity index (χ1n) is 5.85. The van der Waals surface area contributed by atoms with Crippen LogP contribution in [0.4, 0.5) is 18.0 Å². The Morgan fingerprint density at radius 2 is 1.95 bits per heavy atom. The topological polar surface area (TPSA) is 58.4 Å². The van der Waals surface area contributed by atoms with Crippen molar-refractivity contribution in [2.75, 3.05) is 19.6 Å². The maximum atomic E-state index is 12.5. The Morgan fingerprint density at radius 1 is 1.32 bits per heavy atom. The van der Waals surface area contributed by atoms with Gasteiger partial charge in [-0.1, -0.05) is 12.1 Å². The molecule has 1 aromatic carbocycles. The SMILES string of the molecule is NCCN1C(=O)NCC1c1ccc(C(F)(F)F)cc1. The molecule has 1 heterocycles. The highest BCUT2D eigenvalue weighted by molar-refractivity contribution is 5.77. The molecule has 0 bridgehead atoms. The van der Waals surface area contributed by atoms with E-state index in [0.29, 0.717) is 25.2 Å². The van der Waals surface area contributed by atoms with Crippen LogP contribution in [-0.4, -0.2) is 30.6 Å². The van der Waals surface area contributed by atoms with Crippen molar-refractivity contribution in [2.24, 2.45) is 5.73 Å². The first-order valence-corrected chi connectivity index (χ1v) is 5.85. The zero-order valence-electron chi connectivity index (χ0n) is 10.1. The Hall–Kier alpha value is -1.76. The number of benzene rings is 1. The molecule has 1 unspecified atom stereocenters. The lowest BCUT2D eigenvalue weighted by molar-refractivity contribution is -0.137. The average Bonchev–Trinajstić information content (AvgIpc) is 2.71. The summed E-state index contributed by atoms with van der Waals surface area (Å²) < 4.78 is 37.4. The standard InChI is InChI=1S/C12H14F3N3O/c13-12(14,15)9-3-1-8(2-4-9)10-7-17-11(19)18(10)6-5-16/h1-4,10H,5-7,16H2,(H,17,19). The highest BCUT2D eigenvalue weighted by atomic mass is 19.4. The first kappa shape index (κ1) is 13.7. The van der Waals surface area contributed by atoms with Gasteiger partial charge < -0.3 is 16.0 Å². The van der Waals surface area contributed by atoms with Gasteiger partial charge in [0.2, 0.25) is 0 Å². The maximum absolute atomic E-state index is 12.5. The van der Waals surface area contributed by atoms with Crippen LogP contribution in [0.3, 0.4) is 0 Å². The van der Waals surface area contributed by atoms with Gasteiger partial charge in [-0.25, -0.2) is 4.79 Å².